The Morgan fingerprint density at radius 2 is 2.05 bits per heavy atom. The van der Waals surface area contributed by atoms with Crippen molar-refractivity contribution in [2.24, 2.45) is 0 Å². The number of nitrogens with zero attached hydrogens (tertiary/aromatic N) is 1. The van der Waals surface area contributed by atoms with E-state index < -0.39 is 0 Å². The Kier molecular flexibility index (Phi) is 4.15. The molecule has 0 aliphatic heterocycles. The maximum Gasteiger partial charge on any atom is 0.267 e. The second kappa shape index (κ2) is 6.22. The van der Waals surface area contributed by atoms with Crippen molar-refractivity contribution >= 4 is 0 Å². The molecule has 0 atom stereocenters. The third kappa shape index (κ3) is 2.90. The highest BCUT2D eigenvalue weighted by Gasteiger charge is 2.18. The van der Waals surface area contributed by atoms with Gasteiger partial charge in [-0.05, 0) is 49.4 Å². The first-order chi connectivity index (χ1) is 10.3. The normalized spacial score (nSPS) is 14.0. The van der Waals surface area contributed by atoms with Crippen LogP contribution in [0.5, 0.6) is 0 Å². The maximum atomic E-state index is 11.9. The van der Waals surface area contributed by atoms with E-state index in [2.05, 4.69) is 46.7 Å². The van der Waals surface area contributed by atoms with E-state index in [1.807, 2.05) is 0 Å². The maximum absolute atomic E-state index is 11.9. The largest absolute Gasteiger partial charge is 0.313 e. The number of benzene rings is 1. The van der Waals surface area contributed by atoms with Crippen LogP contribution in [-0.4, -0.2) is 16.7 Å². The lowest BCUT2D eigenvalue weighted by Crippen LogP contribution is -2.21. The Morgan fingerprint density at radius 1 is 1.24 bits per heavy atom. The molecule has 0 fully saturated rings. The van der Waals surface area contributed by atoms with Crippen molar-refractivity contribution in [3.63, 3.8) is 0 Å². The molecule has 0 spiro atoms. The van der Waals surface area contributed by atoms with E-state index in [1.54, 1.807) is 0 Å². The quantitative estimate of drug-likeness (QED) is 0.906. The summed E-state index contributed by atoms with van der Waals surface area (Å²) in [5, 5.41) is 10.3. The molecule has 0 saturated heterocycles. The van der Waals surface area contributed by atoms with Gasteiger partial charge in [0.15, 0.2) is 0 Å². The summed E-state index contributed by atoms with van der Waals surface area (Å²) in [6.45, 7) is 3.91. The van der Waals surface area contributed by atoms with Gasteiger partial charge in [-0.1, -0.05) is 25.1 Å². The van der Waals surface area contributed by atoms with Crippen LogP contribution in [-0.2, 0) is 19.4 Å². The van der Waals surface area contributed by atoms with Crippen LogP contribution in [0.1, 0.15) is 36.5 Å². The standard InChI is InChI=1S/C17H21N3O/c1-2-18-11-12-6-5-7-13(10-12)16-14-8-3-4-9-15(14)17(21)20-19-16/h5-7,10,18H,2-4,8-9,11H2,1H3,(H,20,21). The topological polar surface area (TPSA) is 57.8 Å². The van der Waals surface area contributed by atoms with Crippen LogP contribution in [0.4, 0.5) is 0 Å². The first-order valence-electron chi connectivity index (χ1n) is 7.70. The summed E-state index contributed by atoms with van der Waals surface area (Å²) in [6, 6.07) is 8.41. The second-order valence-electron chi connectivity index (χ2n) is 5.55. The molecule has 1 aromatic carbocycles. The lowest BCUT2D eigenvalue weighted by Gasteiger charge is -2.17. The number of hydrogen-bond acceptors (Lipinski definition) is 3. The Bertz CT molecular complexity index is 691. The summed E-state index contributed by atoms with van der Waals surface area (Å²) in [7, 11) is 0. The van der Waals surface area contributed by atoms with Gasteiger partial charge in [0.05, 0.1) is 5.69 Å². The number of nitrogens with one attached hydrogen (secondary N) is 2. The van der Waals surface area contributed by atoms with Crippen molar-refractivity contribution in [3.05, 3.63) is 51.3 Å². The Balaban J connectivity index is 2.02. The van der Waals surface area contributed by atoms with Crippen molar-refractivity contribution in [1.29, 1.82) is 0 Å². The van der Waals surface area contributed by atoms with Crippen LogP contribution < -0.4 is 10.9 Å². The first-order valence-corrected chi connectivity index (χ1v) is 7.70. The van der Waals surface area contributed by atoms with Gasteiger partial charge in [-0.25, -0.2) is 5.10 Å². The van der Waals surface area contributed by atoms with Crippen LogP contribution in [0.3, 0.4) is 0 Å². The van der Waals surface area contributed by atoms with Crippen molar-refractivity contribution in [2.45, 2.75) is 39.2 Å². The van der Waals surface area contributed by atoms with Crippen molar-refractivity contribution in [2.75, 3.05) is 6.54 Å². The number of aromatic amines is 1. The molecule has 1 aromatic heterocycles. The number of H-pyrrole nitrogens is 1. The Hall–Kier alpha value is -1.94. The molecule has 0 unspecified atom stereocenters. The third-order valence-corrected chi connectivity index (χ3v) is 4.08. The number of rotatable bonds is 4. The van der Waals surface area contributed by atoms with Gasteiger partial charge in [0.25, 0.3) is 5.56 Å². The lowest BCUT2D eigenvalue weighted by atomic mass is 9.89. The molecule has 1 aliphatic rings. The molecule has 2 aromatic rings. The van der Waals surface area contributed by atoms with E-state index in [9.17, 15) is 4.79 Å². The fourth-order valence-electron chi connectivity index (χ4n) is 3.00. The predicted octanol–water partition coefficient (Wildman–Crippen LogP) is 2.43. The van der Waals surface area contributed by atoms with E-state index in [0.29, 0.717) is 0 Å². The molecule has 2 N–H and O–H groups in total. The Labute approximate surface area is 124 Å². The van der Waals surface area contributed by atoms with Gasteiger partial charge in [0.1, 0.15) is 0 Å². The van der Waals surface area contributed by atoms with Crippen LogP contribution in [0.15, 0.2) is 29.1 Å². The molecule has 110 valence electrons. The van der Waals surface area contributed by atoms with Crippen molar-refractivity contribution in [3.8, 4) is 11.3 Å². The van der Waals surface area contributed by atoms with E-state index in [0.717, 1.165) is 61.2 Å². The molecule has 3 rings (SSSR count). The summed E-state index contributed by atoms with van der Waals surface area (Å²) in [4.78, 5) is 11.9. The van der Waals surface area contributed by atoms with Gasteiger partial charge >= 0.3 is 0 Å². The number of aromatic nitrogens is 2. The molecule has 1 heterocycles. The zero-order chi connectivity index (χ0) is 14.7. The molecule has 0 saturated carbocycles. The molecule has 0 bridgehead atoms. The van der Waals surface area contributed by atoms with E-state index >= 15 is 0 Å². The van der Waals surface area contributed by atoms with Gasteiger partial charge in [0.2, 0.25) is 0 Å². The van der Waals surface area contributed by atoms with E-state index in [1.165, 1.54) is 5.56 Å². The molecule has 4 nitrogen and oxygen atoms in total. The average Bonchev–Trinajstić information content (AvgIpc) is 2.54. The SMILES string of the molecule is CCNCc1cccc(-c2n[nH]c(=O)c3c2CCCC3)c1. The fourth-order valence-corrected chi connectivity index (χ4v) is 3.00. The minimum atomic E-state index is -0.0164. The number of hydrogen-bond donors (Lipinski definition) is 2. The summed E-state index contributed by atoms with van der Waals surface area (Å²) < 4.78 is 0. The summed E-state index contributed by atoms with van der Waals surface area (Å²) in [5.41, 5.74) is 5.35. The third-order valence-electron chi connectivity index (χ3n) is 4.08. The van der Waals surface area contributed by atoms with Gasteiger partial charge in [-0.3, -0.25) is 4.79 Å². The minimum Gasteiger partial charge on any atom is -0.313 e. The van der Waals surface area contributed by atoms with Crippen molar-refractivity contribution < 1.29 is 0 Å². The summed E-state index contributed by atoms with van der Waals surface area (Å²) >= 11 is 0. The Morgan fingerprint density at radius 3 is 2.86 bits per heavy atom. The highest BCUT2D eigenvalue weighted by Crippen LogP contribution is 2.27. The summed E-state index contributed by atoms with van der Waals surface area (Å²) in [5.74, 6) is 0. The molecule has 0 amide bonds. The molecule has 4 heteroatoms. The highest BCUT2D eigenvalue weighted by molar-refractivity contribution is 5.65. The van der Waals surface area contributed by atoms with Crippen LogP contribution in [0.25, 0.3) is 11.3 Å². The van der Waals surface area contributed by atoms with Gasteiger partial charge in [-0.2, -0.15) is 5.10 Å². The minimum absolute atomic E-state index is 0.0164. The molecule has 21 heavy (non-hydrogen) atoms. The highest BCUT2D eigenvalue weighted by atomic mass is 16.1. The number of fused-ring (bicyclic) bond motifs is 1. The molecular formula is C17H21N3O. The lowest BCUT2D eigenvalue weighted by molar-refractivity contribution is 0.669. The first kappa shape index (κ1) is 14.0. The monoisotopic (exact) mass is 283 g/mol. The summed E-state index contributed by atoms with van der Waals surface area (Å²) in [6.07, 6.45) is 4.07. The van der Waals surface area contributed by atoms with Crippen molar-refractivity contribution in [1.82, 2.24) is 15.5 Å². The van der Waals surface area contributed by atoms with Gasteiger partial charge in [0, 0.05) is 17.7 Å². The average molecular weight is 283 g/mol. The fraction of sp³-hybridized carbons (Fsp3) is 0.412. The molecule has 0 radical (unpaired) electrons. The van der Waals surface area contributed by atoms with E-state index in [4.69, 9.17) is 0 Å². The zero-order valence-corrected chi connectivity index (χ0v) is 12.4. The molecule has 1 aliphatic carbocycles. The second-order valence-corrected chi connectivity index (χ2v) is 5.55. The van der Waals surface area contributed by atoms with Crippen LogP contribution in [0.2, 0.25) is 0 Å². The zero-order valence-electron chi connectivity index (χ0n) is 12.4. The van der Waals surface area contributed by atoms with Crippen LogP contribution in [0, 0.1) is 0 Å². The predicted molar refractivity (Wildman–Crippen MR) is 84.3 cm³/mol. The molecular weight excluding hydrogens is 262 g/mol. The van der Waals surface area contributed by atoms with Crippen LogP contribution >= 0.6 is 0 Å². The van der Waals surface area contributed by atoms with E-state index in [-0.39, 0.29) is 5.56 Å². The van der Waals surface area contributed by atoms with Gasteiger partial charge in [-0.15, -0.1) is 0 Å². The smallest absolute Gasteiger partial charge is 0.267 e. The van der Waals surface area contributed by atoms with Gasteiger partial charge < -0.3 is 5.32 Å².